The molecule has 8 heteroatoms. The predicted octanol–water partition coefficient (Wildman–Crippen LogP) is 4.76. The summed E-state index contributed by atoms with van der Waals surface area (Å²) in [5.74, 6) is 0.625. The molecule has 3 fully saturated rings. The molecule has 0 unspecified atom stereocenters. The third kappa shape index (κ3) is 4.02. The summed E-state index contributed by atoms with van der Waals surface area (Å²) in [6.07, 6.45) is 2.53. The van der Waals surface area contributed by atoms with Gasteiger partial charge in [-0.3, -0.25) is 4.90 Å². The smallest absolute Gasteiger partial charge is 0.300 e. The Morgan fingerprint density at radius 3 is 2.37 bits per heavy atom. The van der Waals surface area contributed by atoms with Crippen molar-refractivity contribution in [3.8, 4) is 0 Å². The number of unbranched alkanes of at least 4 members (excludes halogenated alkanes) is 1. The molecule has 0 aromatic heterocycles. The van der Waals surface area contributed by atoms with E-state index in [2.05, 4.69) is 11.8 Å². The molecule has 4 atom stereocenters. The minimum atomic E-state index is -4.47. The number of rotatable bonds is 5. The molecule has 3 saturated heterocycles. The standard InChI is InChI=1S/C22H31F3N2O2S/c1-2-3-8-20-19-7-5-14-26-13-4-6-16(21(19)26)15-27(20)30(28,29)18-11-9-17(10-12-18)22(23,24)25/h9-12,16,19-21H,2-8,13-15H2,1H3/t16-,19+,20+,21-/m0/s1. The number of halogens is 3. The molecule has 30 heavy (non-hydrogen) atoms. The van der Waals surface area contributed by atoms with E-state index in [1.165, 1.54) is 0 Å². The third-order valence-corrected chi connectivity index (χ3v) is 9.17. The van der Waals surface area contributed by atoms with Crippen molar-refractivity contribution in [3.63, 3.8) is 0 Å². The summed E-state index contributed by atoms with van der Waals surface area (Å²) in [5.41, 5.74) is -0.821. The van der Waals surface area contributed by atoms with E-state index in [-0.39, 0.29) is 10.9 Å². The van der Waals surface area contributed by atoms with E-state index in [9.17, 15) is 21.6 Å². The first-order valence-corrected chi connectivity index (χ1v) is 12.6. The average Bonchev–Trinajstić information content (AvgIpc) is 2.72. The number of hydrogen-bond acceptors (Lipinski definition) is 3. The Labute approximate surface area is 177 Å². The first-order valence-electron chi connectivity index (χ1n) is 11.2. The quantitative estimate of drug-likeness (QED) is 0.658. The second kappa shape index (κ2) is 8.43. The summed E-state index contributed by atoms with van der Waals surface area (Å²) in [5, 5.41) is 0. The van der Waals surface area contributed by atoms with Gasteiger partial charge in [0.25, 0.3) is 0 Å². The van der Waals surface area contributed by atoms with Crippen molar-refractivity contribution in [2.24, 2.45) is 11.8 Å². The highest BCUT2D eigenvalue weighted by Crippen LogP contribution is 2.45. The lowest BCUT2D eigenvalue weighted by molar-refractivity contribution is -0.137. The van der Waals surface area contributed by atoms with E-state index in [1.807, 2.05) is 0 Å². The van der Waals surface area contributed by atoms with E-state index < -0.39 is 21.8 Å². The summed E-state index contributed by atoms with van der Waals surface area (Å²) in [7, 11) is -3.84. The molecule has 0 N–H and O–H groups in total. The van der Waals surface area contributed by atoms with Crippen LogP contribution in [-0.2, 0) is 16.2 Å². The largest absolute Gasteiger partial charge is 0.416 e. The molecule has 168 valence electrons. The fraction of sp³-hybridized carbons (Fsp3) is 0.727. The minimum Gasteiger partial charge on any atom is -0.300 e. The second-order valence-corrected chi connectivity index (χ2v) is 10.9. The predicted molar refractivity (Wildman–Crippen MR) is 109 cm³/mol. The first-order chi connectivity index (χ1) is 14.2. The highest BCUT2D eigenvalue weighted by molar-refractivity contribution is 7.89. The zero-order valence-corrected chi connectivity index (χ0v) is 18.3. The van der Waals surface area contributed by atoms with Crippen LogP contribution in [0.1, 0.15) is 57.4 Å². The van der Waals surface area contributed by atoms with E-state index in [0.29, 0.717) is 24.4 Å². The molecule has 0 spiro atoms. The van der Waals surface area contributed by atoms with Gasteiger partial charge in [-0.2, -0.15) is 17.5 Å². The second-order valence-electron chi connectivity index (χ2n) is 9.04. The van der Waals surface area contributed by atoms with Gasteiger partial charge in [-0.05, 0) is 81.3 Å². The van der Waals surface area contributed by atoms with E-state index in [1.54, 1.807) is 4.31 Å². The van der Waals surface area contributed by atoms with Gasteiger partial charge in [0.15, 0.2) is 0 Å². The Balaban J connectivity index is 1.67. The van der Waals surface area contributed by atoms with Crippen LogP contribution in [0.2, 0.25) is 0 Å². The number of nitrogens with zero attached hydrogens (tertiary/aromatic N) is 2. The van der Waals surface area contributed by atoms with Gasteiger partial charge >= 0.3 is 6.18 Å². The van der Waals surface area contributed by atoms with Crippen LogP contribution in [0.5, 0.6) is 0 Å². The van der Waals surface area contributed by atoms with Gasteiger partial charge in [0.1, 0.15) is 0 Å². The number of hydrogen-bond donors (Lipinski definition) is 0. The van der Waals surface area contributed by atoms with Gasteiger partial charge < -0.3 is 0 Å². The van der Waals surface area contributed by atoms with E-state index in [4.69, 9.17) is 0 Å². The highest BCUT2D eigenvalue weighted by atomic mass is 32.2. The van der Waals surface area contributed by atoms with Crippen LogP contribution in [-0.4, -0.2) is 49.3 Å². The topological polar surface area (TPSA) is 40.6 Å². The van der Waals surface area contributed by atoms with Crippen molar-refractivity contribution in [2.45, 2.75) is 75.0 Å². The number of sulfonamides is 1. The zero-order valence-electron chi connectivity index (χ0n) is 17.4. The Bertz CT molecular complexity index is 839. The van der Waals surface area contributed by atoms with Crippen molar-refractivity contribution < 1.29 is 21.6 Å². The van der Waals surface area contributed by atoms with Crippen molar-refractivity contribution >= 4 is 10.0 Å². The highest BCUT2D eigenvalue weighted by Gasteiger charge is 2.51. The third-order valence-electron chi connectivity index (χ3n) is 7.27. The minimum absolute atomic E-state index is 0.0288. The number of piperidine rings is 3. The van der Waals surface area contributed by atoms with E-state index >= 15 is 0 Å². The van der Waals surface area contributed by atoms with Gasteiger partial charge in [0.05, 0.1) is 10.5 Å². The van der Waals surface area contributed by atoms with Crippen molar-refractivity contribution in [1.82, 2.24) is 9.21 Å². The molecule has 3 heterocycles. The molecule has 0 amide bonds. The Hall–Kier alpha value is -1.12. The molecule has 3 aliphatic heterocycles. The number of benzene rings is 1. The molecule has 0 saturated carbocycles. The fourth-order valence-corrected chi connectivity index (χ4v) is 7.71. The Morgan fingerprint density at radius 2 is 1.73 bits per heavy atom. The van der Waals surface area contributed by atoms with Gasteiger partial charge in [0.2, 0.25) is 10.0 Å². The molecule has 3 aliphatic rings. The molecular weight excluding hydrogens is 413 g/mol. The van der Waals surface area contributed by atoms with Crippen molar-refractivity contribution in [2.75, 3.05) is 19.6 Å². The summed E-state index contributed by atoms with van der Waals surface area (Å²) < 4.78 is 67.6. The Kier molecular flexibility index (Phi) is 6.21. The zero-order chi connectivity index (χ0) is 21.5. The normalized spacial score (nSPS) is 30.8. The summed E-state index contributed by atoms with van der Waals surface area (Å²) >= 11 is 0. The van der Waals surface area contributed by atoms with Gasteiger partial charge in [0, 0.05) is 18.6 Å². The lowest BCUT2D eigenvalue weighted by atomic mass is 9.70. The maximum absolute atomic E-state index is 13.6. The molecule has 4 rings (SSSR count). The molecule has 0 aliphatic carbocycles. The first kappa shape index (κ1) is 22.1. The van der Waals surface area contributed by atoms with Crippen molar-refractivity contribution in [1.29, 1.82) is 0 Å². The van der Waals surface area contributed by atoms with E-state index in [0.717, 1.165) is 82.3 Å². The summed E-state index contributed by atoms with van der Waals surface area (Å²) in [6, 6.07) is 4.38. The van der Waals surface area contributed by atoms with Gasteiger partial charge in [-0.15, -0.1) is 0 Å². The number of alkyl halides is 3. The SMILES string of the molecule is CCCC[C@@H]1[C@H]2CCCN3CCC[C@@H](CN1S(=O)(=O)c1ccc(C(F)(F)F)cc1)[C@@H]23. The van der Waals surface area contributed by atoms with Crippen LogP contribution in [0.25, 0.3) is 0 Å². The van der Waals surface area contributed by atoms with Crippen LogP contribution in [0.15, 0.2) is 29.2 Å². The molecule has 4 nitrogen and oxygen atoms in total. The van der Waals surface area contributed by atoms with Crippen molar-refractivity contribution in [3.05, 3.63) is 29.8 Å². The molecule has 1 aromatic carbocycles. The van der Waals surface area contributed by atoms with Crippen LogP contribution in [0.3, 0.4) is 0 Å². The van der Waals surface area contributed by atoms with Crippen LogP contribution < -0.4 is 0 Å². The molecule has 0 bridgehead atoms. The fourth-order valence-electron chi connectivity index (χ4n) is 5.95. The summed E-state index contributed by atoms with van der Waals surface area (Å²) in [6.45, 7) is 4.79. The lowest BCUT2D eigenvalue weighted by Crippen LogP contribution is -2.65. The van der Waals surface area contributed by atoms with Crippen LogP contribution in [0, 0.1) is 11.8 Å². The monoisotopic (exact) mass is 444 g/mol. The van der Waals surface area contributed by atoms with Gasteiger partial charge in [-0.1, -0.05) is 19.8 Å². The van der Waals surface area contributed by atoms with Gasteiger partial charge in [-0.25, -0.2) is 8.42 Å². The average molecular weight is 445 g/mol. The maximum Gasteiger partial charge on any atom is 0.416 e. The Morgan fingerprint density at radius 1 is 1.07 bits per heavy atom. The molecular formula is C22H31F3N2O2S. The van der Waals surface area contributed by atoms with Crippen LogP contribution >= 0.6 is 0 Å². The van der Waals surface area contributed by atoms with Crippen LogP contribution in [0.4, 0.5) is 13.2 Å². The molecule has 1 aromatic rings. The lowest BCUT2D eigenvalue weighted by Gasteiger charge is -2.57. The summed E-state index contributed by atoms with van der Waals surface area (Å²) in [4.78, 5) is 2.54. The molecule has 0 radical (unpaired) electrons. The maximum atomic E-state index is 13.6.